The number of hydrogen-bond donors (Lipinski definition) is 1. The van der Waals surface area contributed by atoms with Crippen molar-refractivity contribution in [3.63, 3.8) is 0 Å². The molecule has 0 aliphatic rings. The van der Waals surface area contributed by atoms with Crippen molar-refractivity contribution in [1.29, 1.82) is 0 Å². The third kappa shape index (κ3) is 6.99. The first-order valence-corrected chi connectivity index (χ1v) is 10.7. The summed E-state index contributed by atoms with van der Waals surface area (Å²) in [7, 11) is 0. The van der Waals surface area contributed by atoms with Crippen LogP contribution in [0.15, 0.2) is 65.8 Å². The molecule has 0 saturated heterocycles. The zero-order valence-electron chi connectivity index (χ0n) is 17.8. The molecule has 1 heterocycles. The van der Waals surface area contributed by atoms with Crippen LogP contribution in [-0.2, 0) is 0 Å². The van der Waals surface area contributed by atoms with Crippen LogP contribution in [-0.4, -0.2) is 22.8 Å². The molecule has 3 aromatic rings. The summed E-state index contributed by atoms with van der Waals surface area (Å²) in [6.07, 6.45) is 7.96. The van der Waals surface area contributed by atoms with Gasteiger partial charge in [-0.1, -0.05) is 62.9 Å². The van der Waals surface area contributed by atoms with Crippen LogP contribution >= 0.6 is 0 Å². The van der Waals surface area contributed by atoms with Crippen LogP contribution < -0.4 is 10.2 Å². The van der Waals surface area contributed by atoms with Crippen molar-refractivity contribution in [2.75, 3.05) is 12.0 Å². The van der Waals surface area contributed by atoms with Crippen LogP contribution in [0.1, 0.15) is 50.3 Å². The van der Waals surface area contributed by atoms with E-state index in [0.29, 0.717) is 5.95 Å². The average molecular weight is 403 g/mol. The predicted octanol–water partition coefficient (Wildman–Crippen LogP) is 6.25. The van der Waals surface area contributed by atoms with Gasteiger partial charge in [0.15, 0.2) is 0 Å². The first-order valence-electron chi connectivity index (χ1n) is 10.7. The van der Waals surface area contributed by atoms with Crippen LogP contribution in [0.3, 0.4) is 0 Å². The Bertz CT molecular complexity index is 924. The molecule has 0 radical (unpaired) electrons. The maximum atomic E-state index is 5.80. The molecule has 156 valence electrons. The second kappa shape index (κ2) is 11.7. The van der Waals surface area contributed by atoms with E-state index in [9.17, 15) is 0 Å². The first kappa shape index (κ1) is 21.5. The van der Waals surface area contributed by atoms with Crippen LogP contribution in [0.2, 0.25) is 0 Å². The van der Waals surface area contributed by atoms with Crippen molar-refractivity contribution in [2.45, 2.75) is 46.0 Å². The molecule has 30 heavy (non-hydrogen) atoms. The van der Waals surface area contributed by atoms with E-state index in [2.05, 4.69) is 27.4 Å². The van der Waals surface area contributed by atoms with Crippen molar-refractivity contribution < 1.29 is 4.74 Å². The fourth-order valence-corrected chi connectivity index (χ4v) is 3.09. The highest BCUT2D eigenvalue weighted by Gasteiger charge is 2.03. The summed E-state index contributed by atoms with van der Waals surface area (Å²) in [6.45, 7) is 4.95. The van der Waals surface area contributed by atoms with Crippen LogP contribution in [0.25, 0.3) is 11.3 Å². The molecule has 0 spiro atoms. The smallest absolute Gasteiger partial charge is 0.244 e. The Labute approximate surface area is 179 Å². The molecule has 0 fully saturated rings. The Morgan fingerprint density at radius 3 is 2.47 bits per heavy atom. The van der Waals surface area contributed by atoms with E-state index < -0.39 is 0 Å². The third-order valence-electron chi connectivity index (χ3n) is 4.70. The van der Waals surface area contributed by atoms with Gasteiger partial charge in [0, 0.05) is 11.3 Å². The van der Waals surface area contributed by atoms with Gasteiger partial charge in [0.2, 0.25) is 5.95 Å². The summed E-state index contributed by atoms with van der Waals surface area (Å²) in [4.78, 5) is 8.96. The largest absolute Gasteiger partial charge is 0.494 e. The van der Waals surface area contributed by atoms with E-state index >= 15 is 0 Å². The molecule has 0 saturated carbocycles. The lowest BCUT2D eigenvalue weighted by molar-refractivity contribution is 0.304. The summed E-state index contributed by atoms with van der Waals surface area (Å²) in [5, 5.41) is 4.28. The Morgan fingerprint density at radius 2 is 1.70 bits per heavy atom. The van der Waals surface area contributed by atoms with Crippen molar-refractivity contribution in [3.8, 4) is 17.0 Å². The van der Waals surface area contributed by atoms with Gasteiger partial charge in [-0.15, -0.1) is 0 Å². The number of ether oxygens (including phenoxy) is 1. The molecule has 0 aliphatic heterocycles. The maximum absolute atomic E-state index is 5.80. The highest BCUT2D eigenvalue weighted by atomic mass is 16.5. The summed E-state index contributed by atoms with van der Waals surface area (Å²) < 4.78 is 5.80. The van der Waals surface area contributed by atoms with Crippen molar-refractivity contribution >= 4 is 12.2 Å². The summed E-state index contributed by atoms with van der Waals surface area (Å²) in [6, 6.07) is 19.9. The third-order valence-corrected chi connectivity index (χ3v) is 4.70. The Morgan fingerprint density at radius 1 is 0.933 bits per heavy atom. The number of unbranched alkanes of at least 4 members (excludes halogenated alkanes) is 4. The van der Waals surface area contributed by atoms with E-state index in [1.807, 2.05) is 67.6 Å². The molecular formula is C25H30N4O. The topological polar surface area (TPSA) is 59.4 Å². The van der Waals surface area contributed by atoms with E-state index in [1.165, 1.54) is 25.7 Å². The van der Waals surface area contributed by atoms with Crippen LogP contribution in [0.5, 0.6) is 5.75 Å². The van der Waals surface area contributed by atoms with Gasteiger partial charge in [0.25, 0.3) is 0 Å². The van der Waals surface area contributed by atoms with E-state index in [0.717, 1.165) is 41.3 Å². The van der Waals surface area contributed by atoms with Crippen molar-refractivity contribution in [1.82, 2.24) is 9.97 Å². The second-order valence-corrected chi connectivity index (χ2v) is 7.29. The minimum absolute atomic E-state index is 0.480. The quantitative estimate of drug-likeness (QED) is 0.234. The molecule has 1 N–H and O–H groups in total. The lowest BCUT2D eigenvalue weighted by Crippen LogP contribution is -2.00. The standard InChI is InChI=1S/C25H30N4O/c1-3-4-5-6-10-17-30-23-15-13-21(14-16-23)19-26-29-25-27-20(2)18-24(28-25)22-11-8-7-9-12-22/h7-9,11-16,18-19H,3-6,10,17H2,1-2H3,(H,27,28,29)/b26-19+. The summed E-state index contributed by atoms with van der Waals surface area (Å²) >= 11 is 0. The number of nitrogens with zero attached hydrogens (tertiary/aromatic N) is 3. The Balaban J connectivity index is 1.51. The summed E-state index contributed by atoms with van der Waals surface area (Å²) in [5.41, 5.74) is 6.72. The number of rotatable bonds is 11. The molecule has 0 aliphatic carbocycles. The number of benzene rings is 2. The molecule has 2 aromatic carbocycles. The average Bonchev–Trinajstić information content (AvgIpc) is 2.77. The Hall–Kier alpha value is -3.21. The monoisotopic (exact) mass is 402 g/mol. The first-order chi connectivity index (χ1) is 14.7. The minimum Gasteiger partial charge on any atom is -0.494 e. The number of hydrazone groups is 1. The van der Waals surface area contributed by atoms with Gasteiger partial charge in [-0.2, -0.15) is 5.10 Å². The van der Waals surface area contributed by atoms with Gasteiger partial charge >= 0.3 is 0 Å². The number of aryl methyl sites for hydroxylation is 1. The number of aromatic nitrogens is 2. The molecule has 0 amide bonds. The number of anilines is 1. The SMILES string of the molecule is CCCCCCCOc1ccc(/C=N/Nc2nc(C)cc(-c3ccccc3)n2)cc1. The van der Waals surface area contributed by atoms with Gasteiger partial charge in [-0.05, 0) is 49.2 Å². The molecular weight excluding hydrogens is 372 g/mol. The molecule has 5 heteroatoms. The maximum Gasteiger partial charge on any atom is 0.244 e. The zero-order valence-corrected chi connectivity index (χ0v) is 17.8. The van der Waals surface area contributed by atoms with Gasteiger partial charge < -0.3 is 4.74 Å². The fourth-order valence-electron chi connectivity index (χ4n) is 3.09. The highest BCUT2D eigenvalue weighted by Crippen LogP contribution is 2.18. The van der Waals surface area contributed by atoms with Gasteiger partial charge in [0.1, 0.15) is 5.75 Å². The lowest BCUT2D eigenvalue weighted by atomic mass is 10.1. The molecule has 1 aromatic heterocycles. The number of hydrogen-bond acceptors (Lipinski definition) is 5. The van der Waals surface area contributed by atoms with Gasteiger partial charge in [0.05, 0.1) is 18.5 Å². The van der Waals surface area contributed by atoms with Gasteiger partial charge in [-0.25, -0.2) is 15.4 Å². The van der Waals surface area contributed by atoms with Crippen molar-refractivity contribution in [2.24, 2.45) is 5.10 Å². The normalized spacial score (nSPS) is 11.0. The molecule has 3 rings (SSSR count). The lowest BCUT2D eigenvalue weighted by Gasteiger charge is -2.06. The van der Waals surface area contributed by atoms with Crippen LogP contribution in [0, 0.1) is 6.92 Å². The minimum atomic E-state index is 0.480. The number of nitrogens with one attached hydrogen (secondary N) is 1. The molecule has 0 bridgehead atoms. The second-order valence-electron chi connectivity index (χ2n) is 7.29. The zero-order chi connectivity index (χ0) is 21.0. The van der Waals surface area contributed by atoms with Crippen LogP contribution in [0.4, 0.5) is 5.95 Å². The molecule has 0 unspecified atom stereocenters. The summed E-state index contributed by atoms with van der Waals surface area (Å²) in [5.74, 6) is 1.37. The van der Waals surface area contributed by atoms with Gasteiger partial charge in [-0.3, -0.25) is 0 Å². The highest BCUT2D eigenvalue weighted by molar-refractivity contribution is 5.80. The molecule has 0 atom stereocenters. The van der Waals surface area contributed by atoms with E-state index in [1.54, 1.807) is 6.21 Å². The van der Waals surface area contributed by atoms with Crippen molar-refractivity contribution in [3.05, 3.63) is 71.9 Å². The fraction of sp³-hybridized carbons (Fsp3) is 0.320. The Kier molecular flexibility index (Phi) is 8.39. The molecule has 5 nitrogen and oxygen atoms in total. The van der Waals surface area contributed by atoms with E-state index in [-0.39, 0.29) is 0 Å². The van der Waals surface area contributed by atoms with E-state index in [4.69, 9.17) is 4.74 Å². The predicted molar refractivity (Wildman–Crippen MR) is 124 cm³/mol.